The smallest absolute Gasteiger partial charge is 0.197 e. The van der Waals surface area contributed by atoms with Crippen LogP contribution in [0.3, 0.4) is 0 Å². The fraction of sp³-hybridized carbons (Fsp3) is 0.250. The van der Waals surface area contributed by atoms with E-state index in [4.69, 9.17) is 5.84 Å². The number of hydrogen-bond acceptors (Lipinski definition) is 5. The molecule has 4 nitrogen and oxygen atoms in total. The Balaban J connectivity index is 2.05. The summed E-state index contributed by atoms with van der Waals surface area (Å²) < 4.78 is 0. The number of anilines is 2. The van der Waals surface area contributed by atoms with Gasteiger partial charge in [0, 0.05) is 23.8 Å². The van der Waals surface area contributed by atoms with Gasteiger partial charge in [-0.25, -0.2) is 10.8 Å². The lowest BCUT2D eigenvalue weighted by Crippen LogP contribution is -2.15. The van der Waals surface area contributed by atoms with Crippen molar-refractivity contribution in [2.24, 2.45) is 5.84 Å². The van der Waals surface area contributed by atoms with Crippen molar-refractivity contribution in [3.05, 3.63) is 40.9 Å². The van der Waals surface area contributed by atoms with Crippen molar-refractivity contribution in [1.82, 2.24) is 4.98 Å². The maximum absolute atomic E-state index is 5.31. The molecule has 0 spiro atoms. The molecule has 0 saturated carbocycles. The van der Waals surface area contributed by atoms with Crippen molar-refractivity contribution in [2.75, 3.05) is 17.4 Å². The molecule has 0 bridgehead atoms. The number of nitrogen functional groups attached to an aromatic ring is 1. The second-order valence-corrected chi connectivity index (χ2v) is 5.08. The van der Waals surface area contributed by atoms with Crippen LogP contribution in [0.4, 0.5) is 10.8 Å². The summed E-state index contributed by atoms with van der Waals surface area (Å²) in [5, 5.41) is 0.748. The zero-order chi connectivity index (χ0) is 12.3. The molecule has 0 aliphatic rings. The van der Waals surface area contributed by atoms with Crippen molar-refractivity contribution in [3.8, 4) is 0 Å². The fourth-order valence-corrected chi connectivity index (χ4v) is 2.35. The number of nitrogens with two attached hydrogens (primary N) is 1. The molecule has 1 aromatic carbocycles. The van der Waals surface area contributed by atoms with Gasteiger partial charge in [0.15, 0.2) is 5.13 Å². The Labute approximate surface area is 105 Å². The Morgan fingerprint density at radius 2 is 2.06 bits per heavy atom. The molecule has 0 atom stereocenters. The van der Waals surface area contributed by atoms with Gasteiger partial charge in [0.25, 0.3) is 0 Å². The van der Waals surface area contributed by atoms with Gasteiger partial charge in [-0.2, -0.15) is 0 Å². The van der Waals surface area contributed by atoms with Gasteiger partial charge in [-0.3, -0.25) is 5.43 Å². The number of hydrazine groups is 1. The number of rotatable bonds is 4. The average Bonchev–Trinajstić information content (AvgIpc) is 2.77. The summed E-state index contributed by atoms with van der Waals surface area (Å²) in [6, 6.07) is 8.48. The summed E-state index contributed by atoms with van der Waals surface area (Å²) in [5.41, 5.74) is 5.03. The topological polar surface area (TPSA) is 54.2 Å². The van der Waals surface area contributed by atoms with Crippen LogP contribution in [0.5, 0.6) is 0 Å². The molecule has 0 radical (unpaired) electrons. The third kappa shape index (κ3) is 2.95. The average molecular weight is 248 g/mol. The number of hydrogen-bond donors (Lipinski definition) is 2. The first kappa shape index (κ1) is 11.9. The van der Waals surface area contributed by atoms with Crippen LogP contribution in [0, 0.1) is 6.92 Å². The molecule has 0 unspecified atom stereocenters. The summed E-state index contributed by atoms with van der Waals surface area (Å²) in [6.07, 6.45) is 1.85. The summed E-state index contributed by atoms with van der Waals surface area (Å²) in [7, 11) is 2.07. The number of aryl methyl sites for hydroxylation is 1. The molecular formula is C12H16N4S. The quantitative estimate of drug-likeness (QED) is 0.644. The number of thiazole rings is 1. The van der Waals surface area contributed by atoms with Crippen LogP contribution >= 0.6 is 11.3 Å². The highest BCUT2D eigenvalue weighted by Gasteiger charge is 2.05. The first-order valence-electron chi connectivity index (χ1n) is 5.38. The molecule has 2 aromatic rings. The van der Waals surface area contributed by atoms with Gasteiger partial charge in [0.1, 0.15) is 0 Å². The molecule has 0 fully saturated rings. The molecule has 2 rings (SSSR count). The second kappa shape index (κ2) is 5.16. The molecule has 1 aromatic heterocycles. The standard InChI is InChI=1S/C12H16N4S/c1-9-3-5-10(6-4-9)16(2)8-11-7-14-12(15-13)17-11/h3-7H,8,13H2,1-2H3,(H,14,15). The summed E-state index contributed by atoms with van der Waals surface area (Å²) in [4.78, 5) is 7.52. The highest BCUT2D eigenvalue weighted by molar-refractivity contribution is 7.15. The lowest BCUT2D eigenvalue weighted by Gasteiger charge is -2.18. The van der Waals surface area contributed by atoms with Crippen LogP contribution in [0.2, 0.25) is 0 Å². The van der Waals surface area contributed by atoms with Crippen molar-refractivity contribution in [1.29, 1.82) is 0 Å². The van der Waals surface area contributed by atoms with Gasteiger partial charge in [-0.1, -0.05) is 29.0 Å². The van der Waals surface area contributed by atoms with Gasteiger partial charge < -0.3 is 4.90 Å². The Morgan fingerprint density at radius 3 is 2.65 bits per heavy atom. The van der Waals surface area contributed by atoms with Crippen molar-refractivity contribution in [3.63, 3.8) is 0 Å². The van der Waals surface area contributed by atoms with E-state index in [2.05, 4.69) is 53.5 Å². The van der Waals surface area contributed by atoms with Crippen LogP contribution in [0.25, 0.3) is 0 Å². The van der Waals surface area contributed by atoms with Gasteiger partial charge in [-0.15, -0.1) is 0 Å². The molecule has 0 aliphatic heterocycles. The zero-order valence-electron chi connectivity index (χ0n) is 9.97. The van der Waals surface area contributed by atoms with E-state index < -0.39 is 0 Å². The first-order valence-corrected chi connectivity index (χ1v) is 6.20. The lowest BCUT2D eigenvalue weighted by atomic mass is 10.2. The van der Waals surface area contributed by atoms with E-state index in [1.807, 2.05) is 6.20 Å². The minimum Gasteiger partial charge on any atom is -0.369 e. The van der Waals surface area contributed by atoms with E-state index in [1.165, 1.54) is 16.1 Å². The van der Waals surface area contributed by atoms with Crippen LogP contribution < -0.4 is 16.2 Å². The van der Waals surface area contributed by atoms with E-state index in [-0.39, 0.29) is 0 Å². The predicted molar refractivity (Wildman–Crippen MR) is 73.2 cm³/mol. The van der Waals surface area contributed by atoms with Crippen LogP contribution in [-0.4, -0.2) is 12.0 Å². The molecule has 5 heteroatoms. The highest BCUT2D eigenvalue weighted by Crippen LogP contribution is 2.21. The minimum absolute atomic E-state index is 0.748. The maximum Gasteiger partial charge on any atom is 0.197 e. The maximum atomic E-state index is 5.31. The van der Waals surface area contributed by atoms with Gasteiger partial charge in [0.2, 0.25) is 0 Å². The van der Waals surface area contributed by atoms with Crippen molar-refractivity contribution >= 4 is 22.2 Å². The third-order valence-electron chi connectivity index (χ3n) is 2.54. The largest absolute Gasteiger partial charge is 0.369 e. The van der Waals surface area contributed by atoms with E-state index in [0.717, 1.165) is 11.7 Å². The van der Waals surface area contributed by atoms with Gasteiger partial charge >= 0.3 is 0 Å². The summed E-state index contributed by atoms with van der Waals surface area (Å²) in [5.74, 6) is 5.31. The first-order chi connectivity index (χ1) is 8.19. The van der Waals surface area contributed by atoms with Crippen LogP contribution in [0.1, 0.15) is 10.4 Å². The molecule has 0 amide bonds. The monoisotopic (exact) mass is 248 g/mol. The van der Waals surface area contributed by atoms with E-state index in [1.54, 1.807) is 11.3 Å². The second-order valence-electron chi connectivity index (χ2n) is 3.97. The number of nitrogens with one attached hydrogen (secondary N) is 1. The Morgan fingerprint density at radius 1 is 1.35 bits per heavy atom. The SMILES string of the molecule is Cc1ccc(N(C)Cc2cnc(NN)s2)cc1. The van der Waals surface area contributed by atoms with E-state index in [9.17, 15) is 0 Å². The molecule has 0 aliphatic carbocycles. The minimum atomic E-state index is 0.748. The Bertz CT molecular complexity index is 478. The molecular weight excluding hydrogens is 232 g/mol. The van der Waals surface area contributed by atoms with Gasteiger partial charge in [0.05, 0.1) is 6.54 Å². The lowest BCUT2D eigenvalue weighted by molar-refractivity contribution is 0.936. The summed E-state index contributed by atoms with van der Waals surface area (Å²) in [6.45, 7) is 2.93. The Hall–Kier alpha value is -1.59. The number of benzene rings is 1. The van der Waals surface area contributed by atoms with E-state index >= 15 is 0 Å². The van der Waals surface area contributed by atoms with Crippen LogP contribution in [0.15, 0.2) is 30.5 Å². The zero-order valence-corrected chi connectivity index (χ0v) is 10.8. The van der Waals surface area contributed by atoms with Crippen molar-refractivity contribution < 1.29 is 0 Å². The molecule has 3 N–H and O–H groups in total. The van der Waals surface area contributed by atoms with Crippen molar-refractivity contribution in [2.45, 2.75) is 13.5 Å². The van der Waals surface area contributed by atoms with Gasteiger partial charge in [-0.05, 0) is 19.1 Å². The number of nitrogens with zero attached hydrogens (tertiary/aromatic N) is 2. The molecule has 90 valence electrons. The summed E-state index contributed by atoms with van der Waals surface area (Å²) >= 11 is 1.57. The van der Waals surface area contributed by atoms with Crippen LogP contribution in [-0.2, 0) is 6.54 Å². The molecule has 0 saturated heterocycles. The van der Waals surface area contributed by atoms with E-state index in [0.29, 0.717) is 0 Å². The molecule has 17 heavy (non-hydrogen) atoms. The predicted octanol–water partition coefficient (Wildman–Crippen LogP) is 2.37. The Kier molecular flexibility index (Phi) is 3.61. The molecule has 1 heterocycles. The highest BCUT2D eigenvalue weighted by atomic mass is 32.1. The third-order valence-corrected chi connectivity index (χ3v) is 3.46. The normalized spacial score (nSPS) is 10.3. The number of aromatic nitrogens is 1. The fourth-order valence-electron chi connectivity index (χ4n) is 1.57.